The number of aliphatic hydroxyl groups excluding tert-OH is 1. The van der Waals surface area contributed by atoms with E-state index in [0.29, 0.717) is 31.0 Å². The number of hydrogen-bond acceptors (Lipinski definition) is 4. The van der Waals surface area contributed by atoms with E-state index in [0.717, 1.165) is 6.42 Å². The van der Waals surface area contributed by atoms with Gasteiger partial charge in [0.2, 0.25) is 5.91 Å². The van der Waals surface area contributed by atoms with Crippen molar-refractivity contribution in [3.8, 4) is 5.75 Å². The van der Waals surface area contributed by atoms with Crippen LogP contribution in [0.2, 0.25) is 0 Å². The van der Waals surface area contributed by atoms with Gasteiger partial charge in [0.25, 0.3) is 0 Å². The van der Waals surface area contributed by atoms with Crippen LogP contribution in [-0.2, 0) is 4.79 Å². The fraction of sp³-hybridized carbons (Fsp3) is 0.579. The highest BCUT2D eigenvalue weighted by molar-refractivity contribution is 14.0. The monoisotopic (exact) mass is 528 g/mol. The maximum Gasteiger partial charge on any atom is 0.387 e. The predicted molar refractivity (Wildman–Crippen MR) is 120 cm³/mol. The number of benzene rings is 1. The van der Waals surface area contributed by atoms with E-state index in [-0.39, 0.29) is 48.2 Å². The SMILES string of the molecule is CCNC(=NCC(O)c1ccc(OC(F)F)cc1)NCCC(=O)NC(C)CC.I. The molecule has 0 aliphatic carbocycles. The minimum absolute atomic E-state index is 0. The lowest BCUT2D eigenvalue weighted by Crippen LogP contribution is -2.40. The number of amides is 1. The number of rotatable bonds is 11. The molecule has 0 aromatic heterocycles. The number of halogens is 3. The molecule has 2 unspecified atom stereocenters. The highest BCUT2D eigenvalue weighted by atomic mass is 127. The van der Waals surface area contributed by atoms with Gasteiger partial charge >= 0.3 is 6.61 Å². The van der Waals surface area contributed by atoms with Crippen molar-refractivity contribution in [3.63, 3.8) is 0 Å². The third-order valence-electron chi connectivity index (χ3n) is 3.92. The second kappa shape index (κ2) is 15.2. The van der Waals surface area contributed by atoms with Crippen molar-refractivity contribution in [2.75, 3.05) is 19.6 Å². The van der Waals surface area contributed by atoms with E-state index < -0.39 is 12.7 Å². The normalized spacial score (nSPS) is 13.3. The van der Waals surface area contributed by atoms with Crippen molar-refractivity contribution in [1.29, 1.82) is 0 Å². The van der Waals surface area contributed by atoms with Gasteiger partial charge in [0.05, 0.1) is 12.6 Å². The van der Waals surface area contributed by atoms with Crippen molar-refractivity contribution in [2.45, 2.75) is 52.4 Å². The first-order valence-corrected chi connectivity index (χ1v) is 9.40. The zero-order valence-corrected chi connectivity index (χ0v) is 19.3. The molecule has 1 rings (SSSR count). The van der Waals surface area contributed by atoms with Gasteiger partial charge in [0.1, 0.15) is 5.75 Å². The molecular weight excluding hydrogens is 497 g/mol. The largest absolute Gasteiger partial charge is 0.435 e. The van der Waals surface area contributed by atoms with Crippen LogP contribution in [0.4, 0.5) is 8.78 Å². The van der Waals surface area contributed by atoms with E-state index in [2.05, 4.69) is 25.7 Å². The highest BCUT2D eigenvalue weighted by Crippen LogP contribution is 2.19. The second-order valence-electron chi connectivity index (χ2n) is 6.24. The number of aliphatic imine (C=N–C) groups is 1. The van der Waals surface area contributed by atoms with E-state index in [1.54, 1.807) is 0 Å². The Morgan fingerprint density at radius 1 is 1.21 bits per heavy atom. The van der Waals surface area contributed by atoms with Gasteiger partial charge in [0, 0.05) is 25.6 Å². The molecule has 0 aliphatic heterocycles. The Morgan fingerprint density at radius 2 is 1.86 bits per heavy atom. The van der Waals surface area contributed by atoms with Gasteiger partial charge in [-0.15, -0.1) is 24.0 Å². The first-order chi connectivity index (χ1) is 13.3. The van der Waals surface area contributed by atoms with Crippen LogP contribution in [-0.4, -0.2) is 49.3 Å². The molecule has 1 amide bonds. The van der Waals surface area contributed by atoms with Crippen molar-refractivity contribution in [1.82, 2.24) is 16.0 Å². The summed E-state index contributed by atoms with van der Waals surface area (Å²) in [7, 11) is 0. The second-order valence-corrected chi connectivity index (χ2v) is 6.24. The number of guanidine groups is 1. The summed E-state index contributed by atoms with van der Waals surface area (Å²) >= 11 is 0. The third-order valence-corrected chi connectivity index (χ3v) is 3.92. The fourth-order valence-corrected chi connectivity index (χ4v) is 2.24. The lowest BCUT2D eigenvalue weighted by molar-refractivity contribution is -0.121. The molecule has 0 spiro atoms. The Morgan fingerprint density at radius 3 is 2.41 bits per heavy atom. The van der Waals surface area contributed by atoms with E-state index in [9.17, 15) is 18.7 Å². The number of nitrogens with zero attached hydrogens (tertiary/aromatic N) is 1. The van der Waals surface area contributed by atoms with E-state index in [1.807, 2.05) is 20.8 Å². The number of ether oxygens (including phenoxy) is 1. The maximum absolute atomic E-state index is 12.2. The number of carbonyl (C=O) groups is 1. The molecule has 29 heavy (non-hydrogen) atoms. The van der Waals surface area contributed by atoms with Crippen molar-refractivity contribution < 1.29 is 23.4 Å². The molecule has 0 heterocycles. The van der Waals surface area contributed by atoms with Crippen molar-refractivity contribution in [3.05, 3.63) is 29.8 Å². The van der Waals surface area contributed by atoms with E-state index in [1.165, 1.54) is 24.3 Å². The fourth-order valence-electron chi connectivity index (χ4n) is 2.24. The van der Waals surface area contributed by atoms with Gasteiger partial charge in [-0.05, 0) is 38.0 Å². The molecule has 0 radical (unpaired) electrons. The number of carbonyl (C=O) groups excluding carboxylic acids is 1. The molecule has 166 valence electrons. The molecular formula is C19H31F2IN4O3. The zero-order valence-electron chi connectivity index (χ0n) is 17.0. The first kappa shape index (κ1) is 27.3. The van der Waals surface area contributed by atoms with E-state index in [4.69, 9.17) is 0 Å². The van der Waals surface area contributed by atoms with Gasteiger partial charge < -0.3 is 25.8 Å². The number of nitrogens with one attached hydrogen (secondary N) is 3. The average Bonchev–Trinajstić information content (AvgIpc) is 2.65. The van der Waals surface area contributed by atoms with Gasteiger partial charge in [-0.25, -0.2) is 0 Å². The number of aliphatic hydroxyl groups is 1. The van der Waals surface area contributed by atoms with Crippen LogP contribution in [0, 0.1) is 0 Å². The summed E-state index contributed by atoms with van der Waals surface area (Å²) in [6.07, 6.45) is 0.281. The molecule has 10 heteroatoms. The van der Waals surface area contributed by atoms with Crippen LogP contribution < -0.4 is 20.7 Å². The van der Waals surface area contributed by atoms with Gasteiger partial charge in [-0.3, -0.25) is 9.79 Å². The standard InChI is InChI=1S/C19H30F2N4O3.HI/c1-4-13(3)25-17(27)10-11-23-19(22-5-2)24-12-16(26)14-6-8-15(9-7-14)28-18(20)21;/h6-9,13,16,18,26H,4-5,10-12H2,1-3H3,(H,25,27)(H2,22,23,24);1H. The summed E-state index contributed by atoms with van der Waals surface area (Å²) in [4.78, 5) is 16.1. The predicted octanol–water partition coefficient (Wildman–Crippen LogP) is 2.80. The smallest absolute Gasteiger partial charge is 0.387 e. The molecule has 1 aromatic carbocycles. The van der Waals surface area contributed by atoms with Crippen LogP contribution in [0.15, 0.2) is 29.3 Å². The summed E-state index contributed by atoms with van der Waals surface area (Å²) in [6, 6.07) is 5.90. The quantitative estimate of drug-likeness (QED) is 0.201. The molecule has 1 aromatic rings. The van der Waals surface area contributed by atoms with Crippen LogP contribution >= 0.6 is 24.0 Å². The van der Waals surface area contributed by atoms with Gasteiger partial charge in [-0.2, -0.15) is 8.78 Å². The summed E-state index contributed by atoms with van der Waals surface area (Å²) in [6.45, 7) is 4.08. The lowest BCUT2D eigenvalue weighted by Gasteiger charge is -2.15. The zero-order chi connectivity index (χ0) is 20.9. The number of hydrogen-bond donors (Lipinski definition) is 4. The van der Waals surface area contributed by atoms with Crippen molar-refractivity contribution in [2.24, 2.45) is 4.99 Å². The minimum Gasteiger partial charge on any atom is -0.435 e. The topological polar surface area (TPSA) is 95.0 Å². The highest BCUT2D eigenvalue weighted by Gasteiger charge is 2.10. The number of alkyl halides is 2. The molecule has 2 atom stereocenters. The van der Waals surface area contributed by atoms with Gasteiger partial charge in [-0.1, -0.05) is 19.1 Å². The molecule has 7 nitrogen and oxygen atoms in total. The Bertz CT molecular complexity index is 618. The summed E-state index contributed by atoms with van der Waals surface area (Å²) < 4.78 is 28.6. The summed E-state index contributed by atoms with van der Waals surface area (Å²) in [5.41, 5.74) is 0.536. The minimum atomic E-state index is -2.89. The Hall–Kier alpha value is -1.69. The Kier molecular flexibility index (Phi) is 14.3. The van der Waals surface area contributed by atoms with Crippen LogP contribution in [0.1, 0.15) is 45.3 Å². The molecule has 0 bridgehead atoms. The first-order valence-electron chi connectivity index (χ1n) is 9.40. The lowest BCUT2D eigenvalue weighted by atomic mass is 10.1. The summed E-state index contributed by atoms with van der Waals surface area (Å²) in [5.74, 6) is 0.472. The van der Waals surface area contributed by atoms with E-state index >= 15 is 0 Å². The average molecular weight is 528 g/mol. The maximum atomic E-state index is 12.2. The van der Waals surface area contributed by atoms with Crippen molar-refractivity contribution >= 4 is 35.8 Å². The van der Waals surface area contributed by atoms with Crippen LogP contribution in [0.3, 0.4) is 0 Å². The van der Waals surface area contributed by atoms with Crippen LogP contribution in [0.25, 0.3) is 0 Å². The molecule has 0 saturated heterocycles. The Balaban J connectivity index is 0.00000784. The molecule has 0 fully saturated rings. The molecule has 0 saturated carbocycles. The Labute approximate surface area is 187 Å². The summed E-state index contributed by atoms with van der Waals surface area (Å²) in [5, 5.41) is 19.2. The third kappa shape index (κ3) is 11.8. The van der Waals surface area contributed by atoms with Crippen LogP contribution in [0.5, 0.6) is 5.75 Å². The molecule has 0 aliphatic rings. The van der Waals surface area contributed by atoms with Gasteiger partial charge in [0.15, 0.2) is 5.96 Å². The molecule has 4 N–H and O–H groups in total.